The van der Waals surface area contributed by atoms with Crippen molar-refractivity contribution in [1.82, 2.24) is 5.32 Å². The Hall–Kier alpha value is -1.88. The van der Waals surface area contributed by atoms with E-state index in [9.17, 15) is 9.18 Å². The maximum Gasteiger partial charge on any atom is 0.255 e. The monoisotopic (exact) mass is 363 g/mol. The van der Waals surface area contributed by atoms with E-state index in [1.54, 1.807) is 0 Å². The molecule has 5 heteroatoms. The average molecular weight is 364 g/mol. The summed E-state index contributed by atoms with van der Waals surface area (Å²) in [5.41, 5.74) is 1.71. The number of hydrogen-bond acceptors (Lipinski definition) is 2. The van der Waals surface area contributed by atoms with Gasteiger partial charge in [-0.3, -0.25) is 4.79 Å². The topological polar surface area (TPSA) is 38.3 Å². The van der Waals surface area contributed by atoms with E-state index in [0.717, 1.165) is 5.56 Å². The number of carbonyl (C=O) groups excluding carboxylic acids is 1. The van der Waals surface area contributed by atoms with Gasteiger partial charge in [0.05, 0.1) is 10.0 Å². The van der Waals surface area contributed by atoms with Crippen LogP contribution in [0.5, 0.6) is 5.75 Å². The number of halogens is 2. The molecule has 0 bridgehead atoms. The second kappa shape index (κ2) is 6.08. The van der Waals surface area contributed by atoms with Crippen molar-refractivity contribution >= 4 is 21.8 Å². The highest BCUT2D eigenvalue weighted by atomic mass is 79.9. The molecule has 2 aromatic rings. The van der Waals surface area contributed by atoms with Gasteiger partial charge in [-0.2, -0.15) is 0 Å². The summed E-state index contributed by atoms with van der Waals surface area (Å²) < 4.78 is 20.5. The Bertz CT molecular complexity index is 718. The molecule has 1 aliphatic heterocycles. The van der Waals surface area contributed by atoms with Gasteiger partial charge in [0.15, 0.2) is 0 Å². The Kier molecular flexibility index (Phi) is 4.16. The molecule has 0 fully saturated rings. The zero-order chi connectivity index (χ0) is 15.7. The lowest BCUT2D eigenvalue weighted by Crippen LogP contribution is -2.35. The third-order valence-electron chi connectivity index (χ3n) is 3.75. The Balaban J connectivity index is 1.99. The van der Waals surface area contributed by atoms with Crippen LogP contribution in [0.3, 0.4) is 0 Å². The number of hydrogen-bond donors (Lipinski definition) is 1. The van der Waals surface area contributed by atoms with Crippen molar-refractivity contribution in [2.75, 3.05) is 6.54 Å². The van der Waals surface area contributed by atoms with Gasteiger partial charge >= 0.3 is 0 Å². The molecule has 2 aromatic carbocycles. The number of ether oxygens (including phenoxy) is 1. The summed E-state index contributed by atoms with van der Waals surface area (Å²) in [5.74, 6) is -0.368. The van der Waals surface area contributed by atoms with Gasteiger partial charge in [-0.05, 0) is 27.6 Å². The highest BCUT2D eigenvalue weighted by molar-refractivity contribution is 9.10. The molecule has 1 atom stereocenters. The van der Waals surface area contributed by atoms with Crippen molar-refractivity contribution in [3.05, 3.63) is 63.4 Å². The van der Waals surface area contributed by atoms with Gasteiger partial charge in [0.25, 0.3) is 5.91 Å². The van der Waals surface area contributed by atoms with Gasteiger partial charge in [0.1, 0.15) is 18.2 Å². The van der Waals surface area contributed by atoms with Crippen molar-refractivity contribution in [2.24, 2.45) is 0 Å². The van der Waals surface area contributed by atoms with Crippen molar-refractivity contribution < 1.29 is 13.9 Å². The summed E-state index contributed by atoms with van der Waals surface area (Å²) in [6.07, 6.45) is 0. The number of amides is 1. The van der Waals surface area contributed by atoms with E-state index < -0.39 is 0 Å². The molecule has 0 spiro atoms. The summed E-state index contributed by atoms with van der Waals surface area (Å²) in [4.78, 5) is 12.2. The van der Waals surface area contributed by atoms with Gasteiger partial charge in [-0.1, -0.05) is 37.3 Å². The molecule has 0 radical (unpaired) electrons. The molecule has 1 N–H and O–H groups in total. The van der Waals surface area contributed by atoms with Crippen LogP contribution in [0.25, 0.3) is 0 Å². The standard InChI is InChI=1S/C17H15BrFNO2/c1-10-8-20-17(21)15-13(7-12(18)16(19)14(10)15)22-9-11-5-3-2-4-6-11/h2-7,10H,8-9H2,1H3,(H,20,21). The zero-order valence-electron chi connectivity index (χ0n) is 12.0. The quantitative estimate of drug-likeness (QED) is 0.894. The Morgan fingerprint density at radius 3 is 2.82 bits per heavy atom. The fourth-order valence-electron chi connectivity index (χ4n) is 2.60. The highest BCUT2D eigenvalue weighted by Crippen LogP contribution is 2.37. The van der Waals surface area contributed by atoms with Gasteiger partial charge < -0.3 is 10.1 Å². The number of nitrogens with one attached hydrogen (secondary N) is 1. The second-order valence-electron chi connectivity index (χ2n) is 5.34. The molecule has 1 aliphatic rings. The highest BCUT2D eigenvalue weighted by Gasteiger charge is 2.30. The molecule has 0 aliphatic carbocycles. The first-order valence-corrected chi connectivity index (χ1v) is 7.84. The van der Waals surface area contributed by atoms with Crippen molar-refractivity contribution in [2.45, 2.75) is 19.4 Å². The molecule has 3 rings (SSSR count). The van der Waals surface area contributed by atoms with E-state index in [1.165, 1.54) is 6.07 Å². The van der Waals surface area contributed by atoms with Gasteiger partial charge in [0.2, 0.25) is 0 Å². The van der Waals surface area contributed by atoms with Gasteiger partial charge in [0, 0.05) is 18.0 Å². The molecule has 1 amide bonds. The number of carbonyl (C=O) groups is 1. The van der Waals surface area contributed by atoms with Crippen LogP contribution >= 0.6 is 15.9 Å². The van der Waals surface area contributed by atoms with Crippen molar-refractivity contribution in [1.29, 1.82) is 0 Å². The molecule has 3 nitrogen and oxygen atoms in total. The van der Waals surface area contributed by atoms with E-state index in [4.69, 9.17) is 4.74 Å². The fourth-order valence-corrected chi connectivity index (χ4v) is 3.03. The number of benzene rings is 2. The second-order valence-corrected chi connectivity index (χ2v) is 6.20. The predicted molar refractivity (Wildman–Crippen MR) is 85.6 cm³/mol. The predicted octanol–water partition coefficient (Wildman–Crippen LogP) is 4.01. The summed E-state index contributed by atoms with van der Waals surface area (Å²) >= 11 is 3.21. The Morgan fingerprint density at radius 1 is 1.36 bits per heavy atom. The largest absolute Gasteiger partial charge is 0.488 e. The van der Waals surface area contributed by atoms with Crippen LogP contribution in [0, 0.1) is 5.82 Å². The maximum atomic E-state index is 14.4. The van der Waals surface area contributed by atoms with Crippen LogP contribution in [0.15, 0.2) is 40.9 Å². The fraction of sp³-hybridized carbons (Fsp3) is 0.235. The lowest BCUT2D eigenvalue weighted by Gasteiger charge is -2.26. The molecule has 1 unspecified atom stereocenters. The molecule has 0 aromatic heterocycles. The van der Waals surface area contributed by atoms with Crippen LogP contribution in [-0.4, -0.2) is 12.5 Å². The van der Waals surface area contributed by atoms with Gasteiger partial charge in [-0.25, -0.2) is 4.39 Å². The van der Waals surface area contributed by atoms with Crippen LogP contribution < -0.4 is 10.1 Å². The molecule has 1 heterocycles. The third kappa shape index (κ3) is 2.73. The number of rotatable bonds is 3. The minimum absolute atomic E-state index is 0.0933. The van der Waals surface area contributed by atoms with E-state index >= 15 is 0 Å². The smallest absolute Gasteiger partial charge is 0.255 e. The summed E-state index contributed by atoms with van der Waals surface area (Å²) in [7, 11) is 0. The Labute approximate surface area is 136 Å². The molecular formula is C17H15BrFNO2. The van der Waals surface area contributed by atoms with Crippen LogP contribution in [0.2, 0.25) is 0 Å². The molecule has 0 saturated carbocycles. The Morgan fingerprint density at radius 2 is 2.09 bits per heavy atom. The molecule has 114 valence electrons. The van der Waals surface area contributed by atoms with Crippen molar-refractivity contribution in [3.8, 4) is 5.75 Å². The van der Waals surface area contributed by atoms with Gasteiger partial charge in [-0.15, -0.1) is 0 Å². The summed E-state index contributed by atoms with van der Waals surface area (Å²) in [6, 6.07) is 11.2. The normalized spacial score (nSPS) is 16.9. The first-order chi connectivity index (χ1) is 10.6. The van der Waals surface area contributed by atoms with Crippen LogP contribution in [-0.2, 0) is 6.61 Å². The first-order valence-electron chi connectivity index (χ1n) is 7.04. The van der Waals surface area contributed by atoms with E-state index in [1.807, 2.05) is 37.3 Å². The SMILES string of the molecule is CC1CNC(=O)c2c(OCc3ccccc3)cc(Br)c(F)c21. The van der Waals surface area contributed by atoms with Crippen LogP contribution in [0.4, 0.5) is 4.39 Å². The molecule has 0 saturated heterocycles. The minimum Gasteiger partial charge on any atom is -0.488 e. The molecule has 22 heavy (non-hydrogen) atoms. The lowest BCUT2D eigenvalue weighted by molar-refractivity contribution is 0.0934. The summed E-state index contributed by atoms with van der Waals surface area (Å²) in [6.45, 7) is 2.64. The van der Waals surface area contributed by atoms with Crippen LogP contribution in [0.1, 0.15) is 34.3 Å². The van der Waals surface area contributed by atoms with E-state index in [2.05, 4.69) is 21.2 Å². The third-order valence-corrected chi connectivity index (χ3v) is 4.32. The zero-order valence-corrected chi connectivity index (χ0v) is 13.6. The van der Waals surface area contributed by atoms with E-state index in [-0.39, 0.29) is 17.6 Å². The number of fused-ring (bicyclic) bond motifs is 1. The maximum absolute atomic E-state index is 14.4. The first kappa shape index (κ1) is 15.0. The summed E-state index contributed by atoms with van der Waals surface area (Å²) in [5, 5.41) is 2.77. The molecular weight excluding hydrogens is 349 g/mol. The lowest BCUT2D eigenvalue weighted by atomic mass is 9.90. The average Bonchev–Trinajstić information content (AvgIpc) is 2.53. The minimum atomic E-state index is -0.385. The van der Waals surface area contributed by atoms with E-state index in [0.29, 0.717) is 34.5 Å². The van der Waals surface area contributed by atoms with Crippen molar-refractivity contribution in [3.63, 3.8) is 0 Å².